The van der Waals surface area contributed by atoms with Crippen molar-refractivity contribution in [3.63, 3.8) is 0 Å². The minimum atomic E-state index is -3.54. The molecule has 0 unspecified atom stereocenters. The molecule has 0 spiro atoms. The van der Waals surface area contributed by atoms with Gasteiger partial charge in [-0.15, -0.1) is 11.3 Å². The quantitative estimate of drug-likeness (QED) is 0.850. The zero-order valence-electron chi connectivity index (χ0n) is 9.83. The molecule has 0 radical (unpaired) electrons. The van der Waals surface area contributed by atoms with Gasteiger partial charge >= 0.3 is 0 Å². The summed E-state index contributed by atoms with van der Waals surface area (Å²) < 4.78 is 28.4. The molecule has 3 N–H and O–H groups in total. The fourth-order valence-corrected chi connectivity index (χ4v) is 3.90. The second-order valence-corrected chi connectivity index (χ2v) is 6.78. The average molecular weight is 286 g/mol. The van der Waals surface area contributed by atoms with Gasteiger partial charge in [0, 0.05) is 18.0 Å². The third kappa shape index (κ3) is 2.71. The Hall–Kier alpha value is -1.38. The molecule has 6 nitrogen and oxygen atoms in total. The van der Waals surface area contributed by atoms with Gasteiger partial charge in [0.15, 0.2) is 0 Å². The van der Waals surface area contributed by atoms with Crippen LogP contribution in [-0.2, 0) is 23.5 Å². The average Bonchev–Trinajstić information content (AvgIpc) is 2.90. The van der Waals surface area contributed by atoms with Gasteiger partial charge in [-0.05, 0) is 25.1 Å². The topological polar surface area (TPSA) is 90.0 Å². The van der Waals surface area contributed by atoms with E-state index in [1.54, 1.807) is 25.2 Å². The summed E-state index contributed by atoms with van der Waals surface area (Å²) in [5.74, 6) is 0.434. The molecular formula is C10H14N4O2S2. The highest BCUT2D eigenvalue weighted by atomic mass is 32.2. The minimum absolute atomic E-state index is 0.284. The van der Waals surface area contributed by atoms with Gasteiger partial charge < -0.3 is 5.73 Å². The van der Waals surface area contributed by atoms with Crippen LogP contribution in [0.4, 0.5) is 5.82 Å². The maximum absolute atomic E-state index is 12.1. The number of rotatable bonds is 5. The number of thiophene rings is 1. The maximum Gasteiger partial charge on any atom is 0.272 e. The number of aromatic nitrogens is 2. The van der Waals surface area contributed by atoms with E-state index in [1.165, 1.54) is 22.2 Å². The minimum Gasteiger partial charge on any atom is -0.330 e. The van der Waals surface area contributed by atoms with Crippen molar-refractivity contribution in [3.05, 3.63) is 29.3 Å². The summed E-state index contributed by atoms with van der Waals surface area (Å²) in [6.07, 6.45) is 2.22. The Morgan fingerprint density at radius 2 is 2.22 bits per heavy atom. The molecule has 2 rings (SSSR count). The van der Waals surface area contributed by atoms with Gasteiger partial charge in [0.25, 0.3) is 10.0 Å². The Labute approximate surface area is 109 Å². The molecule has 0 aliphatic rings. The molecule has 0 bridgehead atoms. The lowest BCUT2D eigenvalue weighted by Gasteiger charge is -2.05. The van der Waals surface area contributed by atoms with Gasteiger partial charge in [0.2, 0.25) is 0 Å². The smallest absolute Gasteiger partial charge is 0.272 e. The predicted octanol–water partition coefficient (Wildman–Crippen LogP) is 0.784. The van der Waals surface area contributed by atoms with Gasteiger partial charge in [-0.3, -0.25) is 9.40 Å². The molecule has 0 atom stereocenters. The van der Waals surface area contributed by atoms with Crippen LogP contribution in [0.5, 0.6) is 0 Å². The highest BCUT2D eigenvalue weighted by molar-refractivity contribution is 7.94. The number of sulfonamides is 1. The molecule has 2 heterocycles. The van der Waals surface area contributed by atoms with E-state index in [1.807, 2.05) is 0 Å². The molecule has 0 aliphatic carbocycles. The molecule has 0 aliphatic heterocycles. The van der Waals surface area contributed by atoms with Crippen molar-refractivity contribution in [1.82, 2.24) is 9.78 Å². The SMILES string of the molecule is Cn1nccc1NS(=O)(=O)c1ccc(CCN)s1. The van der Waals surface area contributed by atoms with E-state index in [0.29, 0.717) is 18.8 Å². The molecule has 8 heteroatoms. The lowest BCUT2D eigenvalue weighted by molar-refractivity contribution is 0.602. The highest BCUT2D eigenvalue weighted by Gasteiger charge is 2.18. The van der Waals surface area contributed by atoms with E-state index < -0.39 is 10.0 Å². The van der Waals surface area contributed by atoms with Crippen LogP contribution in [0.25, 0.3) is 0 Å². The van der Waals surface area contributed by atoms with E-state index in [0.717, 1.165) is 4.88 Å². The van der Waals surface area contributed by atoms with Gasteiger partial charge in [-0.25, -0.2) is 8.42 Å². The van der Waals surface area contributed by atoms with Crippen molar-refractivity contribution in [1.29, 1.82) is 0 Å². The summed E-state index contributed by atoms with van der Waals surface area (Å²) in [6, 6.07) is 4.98. The van der Waals surface area contributed by atoms with Crippen molar-refractivity contribution in [3.8, 4) is 0 Å². The first-order chi connectivity index (χ1) is 8.53. The van der Waals surface area contributed by atoms with Crippen molar-refractivity contribution in [2.24, 2.45) is 12.8 Å². The zero-order chi connectivity index (χ0) is 13.2. The molecule has 98 valence electrons. The molecule has 2 aromatic heterocycles. The van der Waals surface area contributed by atoms with Crippen molar-refractivity contribution in [2.75, 3.05) is 11.3 Å². The summed E-state index contributed by atoms with van der Waals surface area (Å²) >= 11 is 1.23. The fourth-order valence-electron chi connectivity index (χ4n) is 1.44. The van der Waals surface area contributed by atoms with Gasteiger partial charge in [-0.2, -0.15) is 5.10 Å². The Kier molecular flexibility index (Phi) is 3.69. The van der Waals surface area contributed by atoms with E-state index in [4.69, 9.17) is 5.73 Å². The van der Waals surface area contributed by atoms with E-state index in [2.05, 4.69) is 9.82 Å². The van der Waals surface area contributed by atoms with Crippen LogP contribution >= 0.6 is 11.3 Å². The van der Waals surface area contributed by atoms with Crippen LogP contribution in [0.2, 0.25) is 0 Å². The number of hydrogen-bond donors (Lipinski definition) is 2. The van der Waals surface area contributed by atoms with Crippen molar-refractivity contribution >= 4 is 27.2 Å². The van der Waals surface area contributed by atoms with Crippen LogP contribution in [0, 0.1) is 0 Å². The Morgan fingerprint density at radius 1 is 1.44 bits per heavy atom. The number of nitrogens with one attached hydrogen (secondary N) is 1. The number of aryl methyl sites for hydroxylation is 1. The molecule has 0 amide bonds. The number of nitrogens with two attached hydrogens (primary N) is 1. The lowest BCUT2D eigenvalue weighted by atomic mass is 10.3. The number of hydrogen-bond acceptors (Lipinski definition) is 5. The van der Waals surface area contributed by atoms with E-state index >= 15 is 0 Å². The molecule has 0 fully saturated rings. The zero-order valence-corrected chi connectivity index (χ0v) is 11.5. The van der Waals surface area contributed by atoms with Gasteiger partial charge in [0.1, 0.15) is 10.0 Å². The van der Waals surface area contributed by atoms with Crippen LogP contribution in [0.15, 0.2) is 28.6 Å². The normalized spacial score (nSPS) is 11.7. The molecule has 18 heavy (non-hydrogen) atoms. The van der Waals surface area contributed by atoms with Crippen LogP contribution < -0.4 is 10.5 Å². The van der Waals surface area contributed by atoms with Crippen LogP contribution in [-0.4, -0.2) is 24.7 Å². The first kappa shape index (κ1) is 13.1. The monoisotopic (exact) mass is 286 g/mol. The number of anilines is 1. The maximum atomic E-state index is 12.1. The summed E-state index contributed by atoms with van der Waals surface area (Å²) in [6.45, 7) is 0.509. The fraction of sp³-hybridized carbons (Fsp3) is 0.300. The summed E-state index contributed by atoms with van der Waals surface area (Å²) in [4.78, 5) is 0.961. The third-order valence-corrected chi connectivity index (χ3v) is 5.34. The summed E-state index contributed by atoms with van der Waals surface area (Å²) in [5.41, 5.74) is 5.44. The molecule has 0 saturated heterocycles. The Bertz CT molecular complexity index is 630. The van der Waals surface area contributed by atoms with Crippen molar-refractivity contribution < 1.29 is 8.42 Å². The molecule has 0 aromatic carbocycles. The van der Waals surface area contributed by atoms with Crippen LogP contribution in [0.3, 0.4) is 0 Å². The van der Waals surface area contributed by atoms with Gasteiger partial charge in [0.05, 0.1) is 6.20 Å². The first-order valence-corrected chi connectivity index (χ1v) is 7.62. The van der Waals surface area contributed by atoms with Crippen LogP contribution in [0.1, 0.15) is 4.88 Å². The number of nitrogens with zero attached hydrogens (tertiary/aromatic N) is 2. The second kappa shape index (κ2) is 5.09. The Balaban J connectivity index is 2.22. The first-order valence-electron chi connectivity index (χ1n) is 5.32. The lowest BCUT2D eigenvalue weighted by Crippen LogP contribution is -2.14. The van der Waals surface area contributed by atoms with Gasteiger partial charge in [-0.1, -0.05) is 0 Å². The largest absolute Gasteiger partial charge is 0.330 e. The molecular weight excluding hydrogens is 272 g/mol. The standard InChI is InChI=1S/C10H14N4O2S2/c1-14-9(5-7-12-14)13-18(15,16)10-3-2-8(17-10)4-6-11/h2-3,5,7,13H,4,6,11H2,1H3. The predicted molar refractivity (Wildman–Crippen MR) is 71.1 cm³/mol. The second-order valence-electron chi connectivity index (χ2n) is 3.70. The highest BCUT2D eigenvalue weighted by Crippen LogP contribution is 2.23. The molecule has 2 aromatic rings. The third-order valence-electron chi connectivity index (χ3n) is 2.35. The van der Waals surface area contributed by atoms with E-state index in [-0.39, 0.29) is 4.21 Å². The summed E-state index contributed by atoms with van der Waals surface area (Å²) in [5, 5.41) is 3.91. The molecule has 0 saturated carbocycles. The Morgan fingerprint density at radius 3 is 2.83 bits per heavy atom. The van der Waals surface area contributed by atoms with E-state index in [9.17, 15) is 8.42 Å². The summed E-state index contributed by atoms with van der Waals surface area (Å²) in [7, 11) is -1.86. The van der Waals surface area contributed by atoms with Crippen molar-refractivity contribution in [2.45, 2.75) is 10.6 Å².